The number of nitrogens with zero attached hydrogens (tertiary/aromatic N) is 1. The summed E-state index contributed by atoms with van der Waals surface area (Å²) in [4.78, 5) is 13.2. The van der Waals surface area contributed by atoms with E-state index in [1.165, 1.54) is 18.0 Å². The van der Waals surface area contributed by atoms with Gasteiger partial charge in [0.1, 0.15) is 18.2 Å². The zero-order valence-corrected chi connectivity index (χ0v) is 13.8. The van der Waals surface area contributed by atoms with Crippen molar-refractivity contribution in [2.45, 2.75) is 20.5 Å². The van der Waals surface area contributed by atoms with E-state index in [9.17, 15) is 9.18 Å². The first-order valence-electron chi connectivity index (χ1n) is 7.37. The van der Waals surface area contributed by atoms with Crippen LogP contribution in [-0.4, -0.2) is 20.1 Å². The summed E-state index contributed by atoms with van der Waals surface area (Å²) in [6.45, 7) is 4.00. The van der Waals surface area contributed by atoms with Gasteiger partial charge in [-0.05, 0) is 37.6 Å². The molecule has 0 saturated carbocycles. The summed E-state index contributed by atoms with van der Waals surface area (Å²) in [5, 5.41) is 2.52. The first kappa shape index (κ1) is 16.8. The summed E-state index contributed by atoms with van der Waals surface area (Å²) in [5.41, 5.74) is 2.95. The average Bonchev–Trinajstić information content (AvgIpc) is 2.53. The van der Waals surface area contributed by atoms with Gasteiger partial charge in [0.2, 0.25) is 0 Å². The van der Waals surface area contributed by atoms with Crippen LogP contribution in [-0.2, 0) is 6.61 Å². The molecule has 2 rings (SSSR count). The van der Waals surface area contributed by atoms with Crippen LogP contribution in [0.5, 0.6) is 5.75 Å². The van der Waals surface area contributed by atoms with Crippen LogP contribution in [0.25, 0.3) is 0 Å². The minimum absolute atomic E-state index is 0.0489. The van der Waals surface area contributed by atoms with E-state index in [4.69, 9.17) is 4.74 Å². The molecule has 0 aliphatic heterocycles. The molecule has 0 aliphatic carbocycles. The Morgan fingerprint density at radius 2 is 2.00 bits per heavy atom. The second-order valence-corrected chi connectivity index (χ2v) is 5.41. The molecule has 0 aromatic heterocycles. The van der Waals surface area contributed by atoms with Gasteiger partial charge in [-0.1, -0.05) is 23.8 Å². The fourth-order valence-corrected chi connectivity index (χ4v) is 2.39. The van der Waals surface area contributed by atoms with Gasteiger partial charge in [0.25, 0.3) is 0 Å². The van der Waals surface area contributed by atoms with E-state index >= 15 is 0 Å². The van der Waals surface area contributed by atoms with Crippen molar-refractivity contribution >= 4 is 11.7 Å². The third-order valence-electron chi connectivity index (χ3n) is 3.68. The molecule has 0 unspecified atom stereocenters. The van der Waals surface area contributed by atoms with Crippen LogP contribution < -0.4 is 15.0 Å². The lowest BCUT2D eigenvalue weighted by molar-refractivity contribution is 0.249. The standard InChI is InChI=1S/C18H21FN2O2/c1-12-8-9-17(13(2)10-12)23-11-14-15(19)6-5-7-16(14)21(4)18(22)20-3/h5-10H,11H2,1-4H3,(H,20,22). The Hall–Kier alpha value is -2.56. The number of benzene rings is 2. The molecule has 0 atom stereocenters. The van der Waals surface area contributed by atoms with Crippen LogP contribution in [0.2, 0.25) is 0 Å². The molecule has 0 radical (unpaired) electrons. The van der Waals surface area contributed by atoms with Crippen LogP contribution >= 0.6 is 0 Å². The number of hydrogen-bond donors (Lipinski definition) is 1. The number of ether oxygens (including phenoxy) is 1. The number of aryl methyl sites for hydroxylation is 2. The fraction of sp³-hybridized carbons (Fsp3) is 0.278. The summed E-state index contributed by atoms with van der Waals surface area (Å²) < 4.78 is 20.0. The lowest BCUT2D eigenvalue weighted by Crippen LogP contribution is -2.35. The molecular formula is C18H21FN2O2. The molecule has 0 spiro atoms. The molecule has 122 valence electrons. The number of carbonyl (C=O) groups is 1. The zero-order valence-electron chi connectivity index (χ0n) is 13.8. The quantitative estimate of drug-likeness (QED) is 0.932. The SMILES string of the molecule is CNC(=O)N(C)c1cccc(F)c1COc1ccc(C)cc1C. The molecule has 0 bridgehead atoms. The molecule has 0 heterocycles. The lowest BCUT2D eigenvalue weighted by Gasteiger charge is -2.21. The van der Waals surface area contributed by atoms with Crippen molar-refractivity contribution in [2.75, 3.05) is 19.0 Å². The average molecular weight is 316 g/mol. The van der Waals surface area contributed by atoms with Gasteiger partial charge in [-0.25, -0.2) is 9.18 Å². The molecule has 2 amide bonds. The number of amides is 2. The molecular weight excluding hydrogens is 295 g/mol. The Morgan fingerprint density at radius 1 is 1.26 bits per heavy atom. The highest BCUT2D eigenvalue weighted by Crippen LogP contribution is 2.26. The van der Waals surface area contributed by atoms with E-state index < -0.39 is 5.82 Å². The Kier molecular flexibility index (Phi) is 5.21. The van der Waals surface area contributed by atoms with Gasteiger partial charge in [-0.3, -0.25) is 4.90 Å². The fourth-order valence-electron chi connectivity index (χ4n) is 2.39. The number of rotatable bonds is 4. The van der Waals surface area contributed by atoms with Crippen molar-refractivity contribution in [3.63, 3.8) is 0 Å². The second-order valence-electron chi connectivity index (χ2n) is 5.41. The van der Waals surface area contributed by atoms with Crippen molar-refractivity contribution in [3.8, 4) is 5.75 Å². The third-order valence-corrected chi connectivity index (χ3v) is 3.68. The lowest BCUT2D eigenvalue weighted by atomic mass is 10.1. The minimum atomic E-state index is -0.400. The van der Waals surface area contributed by atoms with E-state index in [1.807, 2.05) is 32.0 Å². The van der Waals surface area contributed by atoms with Crippen LogP contribution in [0.4, 0.5) is 14.9 Å². The maximum absolute atomic E-state index is 14.2. The normalized spacial score (nSPS) is 10.3. The summed E-state index contributed by atoms with van der Waals surface area (Å²) in [5.74, 6) is 0.301. The summed E-state index contributed by atoms with van der Waals surface area (Å²) in [6.07, 6.45) is 0. The minimum Gasteiger partial charge on any atom is -0.488 e. The first-order chi connectivity index (χ1) is 10.9. The molecule has 2 aromatic rings. The number of urea groups is 1. The Labute approximate surface area is 135 Å². The van der Waals surface area contributed by atoms with Crippen molar-refractivity contribution in [1.29, 1.82) is 0 Å². The maximum Gasteiger partial charge on any atom is 0.321 e. The molecule has 2 aromatic carbocycles. The molecule has 23 heavy (non-hydrogen) atoms. The van der Waals surface area contributed by atoms with Gasteiger partial charge in [0.15, 0.2) is 0 Å². The monoisotopic (exact) mass is 316 g/mol. The zero-order chi connectivity index (χ0) is 17.0. The van der Waals surface area contributed by atoms with E-state index in [0.717, 1.165) is 11.1 Å². The van der Waals surface area contributed by atoms with Crippen molar-refractivity contribution in [1.82, 2.24) is 5.32 Å². The smallest absolute Gasteiger partial charge is 0.321 e. The van der Waals surface area contributed by atoms with Crippen molar-refractivity contribution in [3.05, 3.63) is 58.9 Å². The third kappa shape index (κ3) is 3.80. The van der Waals surface area contributed by atoms with Gasteiger partial charge < -0.3 is 10.1 Å². The van der Waals surface area contributed by atoms with E-state index in [1.54, 1.807) is 19.2 Å². The number of carbonyl (C=O) groups excluding carboxylic acids is 1. The highest BCUT2D eigenvalue weighted by Gasteiger charge is 2.17. The maximum atomic E-state index is 14.2. The molecule has 4 nitrogen and oxygen atoms in total. The summed E-state index contributed by atoms with van der Waals surface area (Å²) >= 11 is 0. The highest BCUT2D eigenvalue weighted by atomic mass is 19.1. The molecule has 0 aliphatic rings. The predicted octanol–water partition coefficient (Wildman–Crippen LogP) is 3.80. The van der Waals surface area contributed by atoms with Crippen molar-refractivity contribution in [2.24, 2.45) is 0 Å². The Morgan fingerprint density at radius 3 is 2.65 bits per heavy atom. The van der Waals surface area contributed by atoms with E-state index in [0.29, 0.717) is 17.0 Å². The van der Waals surface area contributed by atoms with Crippen LogP contribution in [0.3, 0.4) is 0 Å². The van der Waals surface area contributed by atoms with Gasteiger partial charge in [0.05, 0.1) is 5.69 Å². The Bertz CT molecular complexity index is 716. The summed E-state index contributed by atoms with van der Waals surface area (Å²) in [6, 6.07) is 10.1. The second kappa shape index (κ2) is 7.13. The van der Waals surface area contributed by atoms with Crippen molar-refractivity contribution < 1.29 is 13.9 Å². The number of hydrogen-bond acceptors (Lipinski definition) is 2. The number of anilines is 1. The van der Waals surface area contributed by atoms with E-state index in [-0.39, 0.29) is 12.6 Å². The Balaban J connectivity index is 2.27. The number of halogens is 1. The predicted molar refractivity (Wildman–Crippen MR) is 89.5 cm³/mol. The molecule has 1 N–H and O–H groups in total. The van der Waals surface area contributed by atoms with Crippen LogP contribution in [0, 0.1) is 19.7 Å². The number of nitrogens with one attached hydrogen (secondary N) is 1. The molecule has 5 heteroatoms. The van der Waals surface area contributed by atoms with Gasteiger partial charge in [-0.15, -0.1) is 0 Å². The van der Waals surface area contributed by atoms with E-state index in [2.05, 4.69) is 5.32 Å². The van der Waals surface area contributed by atoms with Crippen LogP contribution in [0.1, 0.15) is 16.7 Å². The highest BCUT2D eigenvalue weighted by molar-refractivity contribution is 5.92. The molecule has 0 saturated heterocycles. The largest absolute Gasteiger partial charge is 0.488 e. The van der Waals surface area contributed by atoms with Crippen LogP contribution in [0.15, 0.2) is 36.4 Å². The first-order valence-corrected chi connectivity index (χ1v) is 7.37. The van der Waals surface area contributed by atoms with Gasteiger partial charge >= 0.3 is 6.03 Å². The summed E-state index contributed by atoms with van der Waals surface area (Å²) in [7, 11) is 3.12. The van der Waals surface area contributed by atoms with Gasteiger partial charge in [0, 0.05) is 19.7 Å². The molecule has 0 fully saturated rings. The van der Waals surface area contributed by atoms with Gasteiger partial charge in [-0.2, -0.15) is 0 Å². The topological polar surface area (TPSA) is 41.6 Å².